The maximum Gasteiger partial charge on any atom is 0.338 e. The number of nitrogens with zero attached hydrogens (tertiary/aromatic N) is 3. The molecule has 1 amide bonds. The van der Waals surface area contributed by atoms with Crippen LogP contribution in [0.1, 0.15) is 44.4 Å². The van der Waals surface area contributed by atoms with Crippen molar-refractivity contribution in [2.45, 2.75) is 45.9 Å². The van der Waals surface area contributed by atoms with Crippen LogP contribution in [0.4, 0.5) is 0 Å². The SMILES string of the molecule is COc1ccc(OC)c([C@H]2C(C(=O)OC(C)C)=C(C)N=C3SC=C(CC(=O)N(C)Cc4ccccc4)N32)c1. The molecule has 0 unspecified atom stereocenters. The Morgan fingerprint density at radius 1 is 1.11 bits per heavy atom. The molecule has 9 heteroatoms. The van der Waals surface area contributed by atoms with Crippen LogP contribution in [0.25, 0.3) is 0 Å². The predicted molar refractivity (Wildman–Crippen MR) is 149 cm³/mol. The van der Waals surface area contributed by atoms with E-state index in [1.165, 1.54) is 11.8 Å². The first-order chi connectivity index (χ1) is 18.2. The van der Waals surface area contributed by atoms with Gasteiger partial charge in [0.1, 0.15) is 11.5 Å². The summed E-state index contributed by atoms with van der Waals surface area (Å²) >= 11 is 1.43. The Bertz CT molecular complexity index is 1300. The van der Waals surface area contributed by atoms with Crippen LogP contribution in [0.15, 0.2) is 75.9 Å². The number of benzene rings is 2. The summed E-state index contributed by atoms with van der Waals surface area (Å²) in [7, 11) is 4.97. The predicted octanol–water partition coefficient (Wildman–Crippen LogP) is 5.28. The third-order valence-corrected chi connectivity index (χ3v) is 7.20. The summed E-state index contributed by atoms with van der Waals surface area (Å²) in [6.07, 6.45) is -0.166. The lowest BCUT2D eigenvalue weighted by Crippen LogP contribution is -2.38. The van der Waals surface area contributed by atoms with Gasteiger partial charge in [-0.1, -0.05) is 42.1 Å². The Labute approximate surface area is 228 Å². The van der Waals surface area contributed by atoms with E-state index < -0.39 is 12.0 Å². The number of aliphatic imine (C=N–C) groups is 1. The molecule has 38 heavy (non-hydrogen) atoms. The molecule has 0 N–H and O–H groups in total. The van der Waals surface area contributed by atoms with Crippen molar-refractivity contribution in [2.24, 2.45) is 4.99 Å². The van der Waals surface area contributed by atoms with Crippen molar-refractivity contribution < 1.29 is 23.8 Å². The summed E-state index contributed by atoms with van der Waals surface area (Å²) in [5, 5.41) is 2.61. The molecular weight excluding hydrogens is 502 g/mol. The first-order valence-electron chi connectivity index (χ1n) is 12.4. The van der Waals surface area contributed by atoms with Crippen molar-refractivity contribution >= 4 is 28.8 Å². The molecule has 0 saturated heterocycles. The van der Waals surface area contributed by atoms with Crippen LogP contribution in [0.3, 0.4) is 0 Å². The molecule has 0 spiro atoms. The van der Waals surface area contributed by atoms with Gasteiger partial charge in [0.25, 0.3) is 0 Å². The van der Waals surface area contributed by atoms with E-state index in [1.807, 2.05) is 66.6 Å². The highest BCUT2D eigenvalue weighted by Crippen LogP contribution is 2.47. The molecule has 4 rings (SSSR count). The molecule has 0 aliphatic carbocycles. The first kappa shape index (κ1) is 27.3. The van der Waals surface area contributed by atoms with Gasteiger partial charge in [0, 0.05) is 24.9 Å². The molecule has 2 heterocycles. The van der Waals surface area contributed by atoms with Crippen molar-refractivity contribution in [3.8, 4) is 11.5 Å². The Hall–Kier alpha value is -3.72. The number of methoxy groups -OCH3 is 2. The van der Waals surface area contributed by atoms with Gasteiger partial charge in [-0.05, 0) is 49.9 Å². The maximum absolute atomic E-state index is 13.4. The number of amides is 1. The van der Waals surface area contributed by atoms with Crippen LogP contribution in [0.2, 0.25) is 0 Å². The number of rotatable bonds is 9. The topological polar surface area (TPSA) is 80.7 Å². The molecule has 2 aromatic carbocycles. The summed E-state index contributed by atoms with van der Waals surface area (Å²) < 4.78 is 16.9. The molecule has 0 radical (unpaired) electrons. The monoisotopic (exact) mass is 535 g/mol. The summed E-state index contributed by atoms with van der Waals surface area (Å²) in [6, 6.07) is 14.7. The number of fused-ring (bicyclic) bond motifs is 1. The Kier molecular flexibility index (Phi) is 8.46. The molecule has 200 valence electrons. The molecule has 2 aromatic rings. The smallest absolute Gasteiger partial charge is 0.338 e. The van der Waals surface area contributed by atoms with Gasteiger partial charge in [0.05, 0.1) is 44.1 Å². The second-order valence-electron chi connectivity index (χ2n) is 9.37. The van der Waals surface area contributed by atoms with Crippen molar-refractivity contribution in [3.05, 3.63) is 82.0 Å². The zero-order chi connectivity index (χ0) is 27.4. The molecule has 0 aromatic heterocycles. The summed E-state index contributed by atoms with van der Waals surface area (Å²) in [6.45, 7) is 5.92. The number of esters is 1. The quantitative estimate of drug-likeness (QED) is 0.404. The number of hydrogen-bond acceptors (Lipinski definition) is 8. The van der Waals surface area contributed by atoms with E-state index in [9.17, 15) is 9.59 Å². The van der Waals surface area contributed by atoms with Crippen molar-refractivity contribution in [2.75, 3.05) is 21.3 Å². The highest BCUT2D eigenvalue weighted by Gasteiger charge is 2.42. The van der Waals surface area contributed by atoms with Crippen molar-refractivity contribution in [3.63, 3.8) is 0 Å². The summed E-state index contributed by atoms with van der Waals surface area (Å²) in [5.74, 6) is 0.702. The lowest BCUT2D eigenvalue weighted by atomic mass is 9.92. The van der Waals surface area contributed by atoms with Crippen LogP contribution in [0, 0.1) is 0 Å². The van der Waals surface area contributed by atoms with Gasteiger partial charge in [-0.3, -0.25) is 4.79 Å². The first-order valence-corrected chi connectivity index (χ1v) is 13.3. The number of carbonyl (C=O) groups is 2. The van der Waals surface area contributed by atoms with Gasteiger partial charge in [0.2, 0.25) is 5.91 Å². The van der Waals surface area contributed by atoms with Crippen LogP contribution in [0.5, 0.6) is 11.5 Å². The molecule has 8 nitrogen and oxygen atoms in total. The van der Waals surface area contributed by atoms with Crippen LogP contribution >= 0.6 is 11.8 Å². The van der Waals surface area contributed by atoms with Gasteiger partial charge < -0.3 is 24.0 Å². The van der Waals surface area contributed by atoms with Gasteiger partial charge in [-0.15, -0.1) is 0 Å². The van der Waals surface area contributed by atoms with Gasteiger partial charge in [-0.2, -0.15) is 0 Å². The lowest BCUT2D eigenvalue weighted by Gasteiger charge is -2.37. The second kappa shape index (κ2) is 11.8. The van der Waals surface area contributed by atoms with Gasteiger partial charge in [-0.25, -0.2) is 9.79 Å². The Morgan fingerprint density at radius 3 is 2.50 bits per heavy atom. The number of thioether (sulfide) groups is 1. The average molecular weight is 536 g/mol. The molecule has 2 aliphatic heterocycles. The maximum atomic E-state index is 13.4. The standard InChI is InChI=1S/C29H33N3O5S/c1-18(2)37-28(34)26-19(3)30-29-32(27(26)23-15-22(35-5)12-13-24(23)36-6)21(17-38-29)14-25(33)31(4)16-20-10-8-7-9-11-20/h7-13,15,17-18,27H,14,16H2,1-6H3/t27-/m0/s1. The highest BCUT2D eigenvalue weighted by molar-refractivity contribution is 8.16. The second-order valence-corrected chi connectivity index (χ2v) is 10.2. The number of hydrogen-bond donors (Lipinski definition) is 0. The normalized spacial score (nSPS) is 16.6. The van der Waals surface area contributed by atoms with Crippen molar-refractivity contribution in [1.29, 1.82) is 0 Å². The van der Waals surface area contributed by atoms with E-state index in [1.54, 1.807) is 39.2 Å². The molecule has 0 bridgehead atoms. The zero-order valence-electron chi connectivity index (χ0n) is 22.6. The molecular formula is C29H33N3O5S. The van der Waals surface area contributed by atoms with E-state index in [0.717, 1.165) is 11.3 Å². The fourth-order valence-corrected chi connectivity index (χ4v) is 5.46. The lowest BCUT2D eigenvalue weighted by molar-refractivity contribution is -0.143. The van der Waals surface area contributed by atoms with Crippen molar-refractivity contribution in [1.82, 2.24) is 9.80 Å². The van der Waals surface area contributed by atoms with Crippen LogP contribution < -0.4 is 9.47 Å². The molecule has 0 fully saturated rings. The van der Waals surface area contributed by atoms with E-state index >= 15 is 0 Å². The Morgan fingerprint density at radius 2 is 1.84 bits per heavy atom. The zero-order valence-corrected chi connectivity index (χ0v) is 23.4. The Balaban J connectivity index is 1.72. The van der Waals surface area contributed by atoms with Gasteiger partial charge in [0.15, 0.2) is 5.17 Å². The number of ether oxygens (including phenoxy) is 3. The minimum Gasteiger partial charge on any atom is -0.497 e. The highest BCUT2D eigenvalue weighted by atomic mass is 32.2. The van der Waals surface area contributed by atoms with E-state index in [0.29, 0.717) is 40.0 Å². The van der Waals surface area contributed by atoms with Crippen LogP contribution in [-0.4, -0.2) is 54.2 Å². The summed E-state index contributed by atoms with van der Waals surface area (Å²) in [4.78, 5) is 35.1. The minimum absolute atomic E-state index is 0.0455. The largest absolute Gasteiger partial charge is 0.497 e. The summed E-state index contributed by atoms with van der Waals surface area (Å²) in [5.41, 5.74) is 3.47. The number of amidine groups is 1. The van der Waals surface area contributed by atoms with E-state index in [2.05, 4.69) is 0 Å². The third kappa shape index (κ3) is 5.72. The average Bonchev–Trinajstić information content (AvgIpc) is 3.29. The fourth-order valence-electron chi connectivity index (χ4n) is 4.49. The number of carbonyl (C=O) groups excluding carboxylic acids is 2. The third-order valence-electron chi connectivity index (χ3n) is 6.32. The van der Waals surface area contributed by atoms with E-state index in [-0.39, 0.29) is 18.4 Å². The van der Waals surface area contributed by atoms with E-state index in [4.69, 9.17) is 19.2 Å². The van der Waals surface area contributed by atoms with Gasteiger partial charge >= 0.3 is 5.97 Å². The molecule has 0 saturated carbocycles. The fraction of sp³-hybridized carbons (Fsp3) is 0.345. The minimum atomic E-state index is -0.618. The number of allylic oxidation sites excluding steroid dienone is 1. The molecule has 2 aliphatic rings. The molecule has 1 atom stereocenters. The van der Waals surface area contributed by atoms with Crippen LogP contribution in [-0.2, 0) is 20.9 Å².